The number of rotatable bonds is 6. The maximum Gasteiger partial charge on any atom is 0.330 e. The normalized spacial score (nSPS) is 13.0. The van der Waals surface area contributed by atoms with E-state index >= 15 is 0 Å². The van der Waals surface area contributed by atoms with Gasteiger partial charge in [-0.25, -0.2) is 13.6 Å². The molecule has 166 valence electrons. The monoisotopic (exact) mass is 440 g/mol. The lowest BCUT2D eigenvalue weighted by Crippen LogP contribution is -2.64. The van der Waals surface area contributed by atoms with E-state index in [1.165, 1.54) is 12.1 Å². The molecule has 2 rings (SSSR count). The summed E-state index contributed by atoms with van der Waals surface area (Å²) in [5.41, 5.74) is 5.47. The molecule has 0 heterocycles. The number of halogens is 2. The van der Waals surface area contributed by atoms with Crippen molar-refractivity contribution in [2.75, 3.05) is 7.11 Å². The van der Waals surface area contributed by atoms with E-state index in [1.54, 1.807) is 36.4 Å². The second-order valence-electron chi connectivity index (χ2n) is 7.03. The number of carbonyl (C=O) groups is 2. The molecule has 0 fully saturated rings. The Balaban J connectivity index is 2.08. The summed E-state index contributed by atoms with van der Waals surface area (Å²) in [4.78, 5) is 24.3. The Morgan fingerprint density at radius 3 is 2.00 bits per heavy atom. The molecule has 0 spiro atoms. The van der Waals surface area contributed by atoms with Gasteiger partial charge in [0.1, 0.15) is 5.54 Å². The molecule has 0 saturated heterocycles. The summed E-state index contributed by atoms with van der Waals surface area (Å²) in [6.07, 6.45) is -3.07. The van der Waals surface area contributed by atoms with Crippen LogP contribution in [0.4, 0.5) is 8.78 Å². The first-order valence-electron chi connectivity index (χ1n) is 9.46. The smallest absolute Gasteiger partial charge is 0.330 e. The van der Waals surface area contributed by atoms with Crippen LogP contribution in [0.1, 0.15) is 34.0 Å². The lowest BCUT2D eigenvalue weighted by atomic mass is 9.93. The van der Waals surface area contributed by atoms with Crippen LogP contribution in [0.5, 0.6) is 0 Å². The van der Waals surface area contributed by atoms with Crippen molar-refractivity contribution in [2.45, 2.75) is 31.5 Å². The molecule has 0 radical (unpaired) electrons. The molecule has 0 aliphatic carbocycles. The van der Waals surface area contributed by atoms with E-state index in [1.807, 2.05) is 0 Å². The average Bonchev–Trinajstić information content (AvgIpc) is 2.80. The third-order valence-electron chi connectivity index (χ3n) is 4.56. The van der Waals surface area contributed by atoms with E-state index in [-0.39, 0.29) is 12.2 Å². The Labute approximate surface area is 184 Å². The Morgan fingerprint density at radius 2 is 1.56 bits per heavy atom. The average molecular weight is 440 g/mol. The number of aliphatic hydroxyl groups excluding tert-OH is 1. The summed E-state index contributed by atoms with van der Waals surface area (Å²) < 4.78 is 31.0. The minimum absolute atomic E-state index is 0.0391. The molecular weight excluding hydrogens is 418 g/mol. The Kier molecular flexibility index (Phi) is 8.48. The second kappa shape index (κ2) is 11.1. The van der Waals surface area contributed by atoms with Crippen molar-refractivity contribution in [1.82, 2.24) is 5.32 Å². The largest absolute Gasteiger partial charge is 0.467 e. The predicted octanol–water partition coefficient (Wildman–Crippen LogP) is 1.84. The van der Waals surface area contributed by atoms with Crippen molar-refractivity contribution in [3.8, 4) is 23.7 Å². The van der Waals surface area contributed by atoms with Crippen molar-refractivity contribution in [3.05, 3.63) is 70.8 Å². The van der Waals surface area contributed by atoms with Crippen LogP contribution in [0.15, 0.2) is 48.5 Å². The fourth-order valence-electron chi connectivity index (χ4n) is 2.53. The molecule has 1 unspecified atom stereocenters. The lowest BCUT2D eigenvalue weighted by molar-refractivity contribution is -0.146. The number of nitrogens with two attached hydrogens (primary N) is 1. The maximum absolute atomic E-state index is 13.2. The van der Waals surface area contributed by atoms with Gasteiger partial charge in [-0.3, -0.25) is 4.79 Å². The molecule has 0 aliphatic heterocycles. The topological polar surface area (TPSA) is 102 Å². The minimum Gasteiger partial charge on any atom is -0.467 e. The predicted molar refractivity (Wildman–Crippen MR) is 114 cm³/mol. The fraction of sp³-hybridized carbons (Fsp3) is 0.250. The third-order valence-corrected chi connectivity index (χ3v) is 4.56. The number of ether oxygens (including phenoxy) is 1. The van der Waals surface area contributed by atoms with Gasteiger partial charge in [-0.05, 0) is 60.7 Å². The number of methoxy groups -OCH3 is 1. The number of benzene rings is 2. The van der Waals surface area contributed by atoms with Gasteiger partial charge in [-0.1, -0.05) is 24.0 Å². The summed E-state index contributed by atoms with van der Waals surface area (Å²) in [5, 5.41) is 11.2. The van der Waals surface area contributed by atoms with Crippen LogP contribution >= 0.6 is 0 Å². The number of aliphatic hydroxyl groups is 1. The van der Waals surface area contributed by atoms with Gasteiger partial charge in [-0.15, -0.1) is 0 Å². The summed E-state index contributed by atoms with van der Waals surface area (Å²) in [7, 11) is 1.02. The molecule has 2 aromatic rings. The summed E-state index contributed by atoms with van der Waals surface area (Å²) in [5.74, 6) is 9.26. The standard InChI is InChI=1S/C24H22F2N2O4/c1-24(27,23(25)26)20(22(31)32-2)28-21(30)19-13-11-17(12-14-19)6-4-3-5-16-7-9-18(15-29)10-8-16/h7-14,20,23,29H,15,27H2,1-2H3,(H,28,30)/t20-,24?/m1/s1. The van der Waals surface area contributed by atoms with Gasteiger partial charge < -0.3 is 20.9 Å². The van der Waals surface area contributed by atoms with E-state index < -0.39 is 29.9 Å². The number of esters is 1. The van der Waals surface area contributed by atoms with Gasteiger partial charge in [0.15, 0.2) is 6.04 Å². The van der Waals surface area contributed by atoms with Crippen molar-refractivity contribution in [3.63, 3.8) is 0 Å². The highest BCUT2D eigenvalue weighted by Gasteiger charge is 2.45. The van der Waals surface area contributed by atoms with Gasteiger partial charge >= 0.3 is 5.97 Å². The molecule has 6 nitrogen and oxygen atoms in total. The fourth-order valence-corrected chi connectivity index (χ4v) is 2.53. The number of hydrogen-bond donors (Lipinski definition) is 3. The Hall–Kier alpha value is -3.72. The number of amides is 1. The van der Waals surface area contributed by atoms with Crippen molar-refractivity contribution in [2.24, 2.45) is 5.73 Å². The number of carbonyl (C=O) groups excluding carboxylic acids is 2. The van der Waals surface area contributed by atoms with Crippen LogP contribution in [0.2, 0.25) is 0 Å². The summed E-state index contributed by atoms with van der Waals surface area (Å²) in [6, 6.07) is 11.3. The number of nitrogens with one attached hydrogen (secondary N) is 1. The van der Waals surface area contributed by atoms with Gasteiger partial charge in [0.25, 0.3) is 12.3 Å². The first kappa shape index (κ1) is 24.5. The quantitative estimate of drug-likeness (QED) is 0.470. The first-order chi connectivity index (χ1) is 15.2. The summed E-state index contributed by atoms with van der Waals surface area (Å²) >= 11 is 0. The zero-order chi connectivity index (χ0) is 23.7. The highest BCUT2D eigenvalue weighted by atomic mass is 19.3. The zero-order valence-electron chi connectivity index (χ0n) is 17.5. The van der Waals surface area contributed by atoms with Crippen molar-refractivity contribution in [1.29, 1.82) is 0 Å². The van der Waals surface area contributed by atoms with E-state index in [4.69, 9.17) is 10.8 Å². The van der Waals surface area contributed by atoms with E-state index in [9.17, 15) is 18.4 Å². The van der Waals surface area contributed by atoms with E-state index in [2.05, 4.69) is 33.7 Å². The highest BCUT2D eigenvalue weighted by molar-refractivity contribution is 5.97. The van der Waals surface area contributed by atoms with Gasteiger partial charge in [0.05, 0.1) is 13.7 Å². The van der Waals surface area contributed by atoms with Crippen LogP contribution in [0, 0.1) is 23.7 Å². The molecule has 8 heteroatoms. The molecule has 2 aromatic carbocycles. The summed E-state index contributed by atoms with van der Waals surface area (Å²) in [6.45, 7) is 0.920. The van der Waals surface area contributed by atoms with Crippen molar-refractivity contribution < 1.29 is 28.2 Å². The Bertz CT molecular complexity index is 1070. The minimum atomic E-state index is -3.07. The second-order valence-corrected chi connectivity index (χ2v) is 7.03. The lowest BCUT2D eigenvalue weighted by Gasteiger charge is -2.31. The molecule has 0 bridgehead atoms. The van der Waals surface area contributed by atoms with Crippen LogP contribution in [-0.2, 0) is 16.1 Å². The molecule has 2 atom stereocenters. The third kappa shape index (κ3) is 6.39. The number of alkyl halides is 2. The molecule has 32 heavy (non-hydrogen) atoms. The van der Waals surface area contributed by atoms with Crippen LogP contribution in [-0.4, -0.2) is 42.1 Å². The molecule has 0 saturated carbocycles. The van der Waals surface area contributed by atoms with Crippen molar-refractivity contribution >= 4 is 11.9 Å². The van der Waals surface area contributed by atoms with Crippen LogP contribution < -0.4 is 11.1 Å². The molecular formula is C24H22F2N2O4. The van der Waals surface area contributed by atoms with Gasteiger partial charge in [0, 0.05) is 16.7 Å². The van der Waals surface area contributed by atoms with Crippen LogP contribution in [0.25, 0.3) is 0 Å². The first-order valence-corrected chi connectivity index (χ1v) is 9.46. The highest BCUT2D eigenvalue weighted by Crippen LogP contribution is 2.18. The molecule has 1 amide bonds. The van der Waals surface area contributed by atoms with E-state index in [0.29, 0.717) is 5.56 Å². The van der Waals surface area contributed by atoms with Gasteiger partial charge in [0.2, 0.25) is 0 Å². The maximum atomic E-state index is 13.2. The van der Waals surface area contributed by atoms with Crippen LogP contribution in [0.3, 0.4) is 0 Å². The van der Waals surface area contributed by atoms with E-state index in [0.717, 1.165) is 25.2 Å². The van der Waals surface area contributed by atoms with Gasteiger partial charge in [-0.2, -0.15) is 0 Å². The molecule has 4 N–H and O–H groups in total. The molecule has 0 aliphatic rings. The molecule has 0 aromatic heterocycles. The zero-order valence-corrected chi connectivity index (χ0v) is 17.5. The Morgan fingerprint density at radius 1 is 1.06 bits per heavy atom. The number of hydrogen-bond acceptors (Lipinski definition) is 5. The SMILES string of the molecule is COC(=O)[C@@H](NC(=O)c1ccc(C#CC#Cc2ccc(CO)cc2)cc1)C(C)(N)C(F)F.